The number of hydrogen-bond donors (Lipinski definition) is 1. The maximum Gasteiger partial charge on any atom is 0.236 e. The summed E-state index contributed by atoms with van der Waals surface area (Å²) >= 11 is 5.08. The third-order valence-corrected chi connectivity index (χ3v) is 3.65. The Kier molecular flexibility index (Phi) is 5.28. The molecule has 15 heavy (non-hydrogen) atoms. The average Bonchev–Trinajstić information content (AvgIpc) is 2.61. The molecule has 1 rings (SSSR count). The molecule has 0 aliphatic rings. The molecule has 1 heterocycles. The van der Waals surface area contributed by atoms with Crippen molar-refractivity contribution in [2.45, 2.75) is 13.5 Å². The predicted molar refractivity (Wildman–Crippen MR) is 67.0 cm³/mol. The first-order chi connectivity index (χ1) is 7.17. The summed E-state index contributed by atoms with van der Waals surface area (Å²) in [7, 11) is 1.79. The zero-order valence-electron chi connectivity index (χ0n) is 8.92. The van der Waals surface area contributed by atoms with Gasteiger partial charge in [-0.05, 0) is 42.0 Å². The van der Waals surface area contributed by atoms with Crippen LogP contribution >= 0.6 is 27.3 Å². The molecule has 0 saturated heterocycles. The van der Waals surface area contributed by atoms with Gasteiger partial charge in [0.25, 0.3) is 0 Å². The molecule has 1 N–H and O–H groups in total. The number of nitrogens with one attached hydrogen (secondary N) is 1. The molecule has 0 atom stereocenters. The molecular formula is C10H15BrN2OS. The SMILES string of the molecule is CCN(Cc1ccc(Br)s1)C(=O)CNC. The maximum atomic E-state index is 11.6. The second kappa shape index (κ2) is 6.25. The summed E-state index contributed by atoms with van der Waals surface area (Å²) in [4.78, 5) is 14.7. The summed E-state index contributed by atoms with van der Waals surface area (Å²) in [5.74, 6) is 0.143. The fourth-order valence-corrected chi connectivity index (χ4v) is 2.76. The third-order valence-electron chi connectivity index (χ3n) is 2.04. The molecule has 5 heteroatoms. The van der Waals surface area contributed by atoms with Crippen LogP contribution in [0.1, 0.15) is 11.8 Å². The highest BCUT2D eigenvalue weighted by atomic mass is 79.9. The first-order valence-electron chi connectivity index (χ1n) is 4.84. The standard InChI is InChI=1S/C10H15BrN2OS/c1-3-13(10(14)6-12-2)7-8-4-5-9(11)15-8/h4-5,12H,3,6-7H2,1-2H3. The van der Waals surface area contributed by atoms with Gasteiger partial charge >= 0.3 is 0 Å². The zero-order valence-corrected chi connectivity index (χ0v) is 11.3. The average molecular weight is 291 g/mol. The van der Waals surface area contributed by atoms with Crippen molar-refractivity contribution in [2.24, 2.45) is 0 Å². The summed E-state index contributed by atoms with van der Waals surface area (Å²) in [6, 6.07) is 4.06. The second-order valence-electron chi connectivity index (χ2n) is 3.14. The van der Waals surface area contributed by atoms with Crippen LogP contribution in [0.15, 0.2) is 15.9 Å². The molecule has 0 spiro atoms. The Balaban J connectivity index is 2.57. The molecule has 0 aromatic carbocycles. The lowest BCUT2D eigenvalue weighted by atomic mass is 10.4. The van der Waals surface area contributed by atoms with Gasteiger partial charge in [0.1, 0.15) is 0 Å². The maximum absolute atomic E-state index is 11.6. The van der Waals surface area contributed by atoms with E-state index in [2.05, 4.69) is 21.2 Å². The number of thiophene rings is 1. The Bertz CT molecular complexity index is 327. The zero-order chi connectivity index (χ0) is 11.3. The number of amides is 1. The molecule has 1 aromatic rings. The van der Waals surface area contributed by atoms with Gasteiger partial charge in [-0.25, -0.2) is 0 Å². The number of nitrogens with zero attached hydrogens (tertiary/aromatic N) is 1. The lowest BCUT2D eigenvalue weighted by molar-refractivity contribution is -0.130. The van der Waals surface area contributed by atoms with Gasteiger partial charge in [-0.15, -0.1) is 11.3 Å². The van der Waals surface area contributed by atoms with Crippen LogP contribution in [0.2, 0.25) is 0 Å². The van der Waals surface area contributed by atoms with E-state index >= 15 is 0 Å². The minimum Gasteiger partial charge on any atom is -0.337 e. The molecule has 1 aromatic heterocycles. The topological polar surface area (TPSA) is 32.3 Å². The molecular weight excluding hydrogens is 276 g/mol. The van der Waals surface area contributed by atoms with Crippen LogP contribution in [-0.2, 0) is 11.3 Å². The van der Waals surface area contributed by atoms with Gasteiger partial charge in [-0.3, -0.25) is 4.79 Å². The number of carbonyl (C=O) groups excluding carboxylic acids is 1. The molecule has 0 saturated carbocycles. The van der Waals surface area contributed by atoms with E-state index in [0.29, 0.717) is 13.1 Å². The van der Waals surface area contributed by atoms with Crippen LogP contribution in [0.3, 0.4) is 0 Å². The lowest BCUT2D eigenvalue weighted by Crippen LogP contribution is -2.36. The van der Waals surface area contributed by atoms with E-state index in [9.17, 15) is 4.79 Å². The summed E-state index contributed by atoms with van der Waals surface area (Å²) in [6.45, 7) is 3.85. The minimum atomic E-state index is 0.143. The fourth-order valence-electron chi connectivity index (χ4n) is 1.26. The predicted octanol–water partition coefficient (Wildman–Crippen LogP) is 2.08. The Morgan fingerprint density at radius 3 is 2.80 bits per heavy atom. The van der Waals surface area contributed by atoms with Crippen molar-refractivity contribution in [1.29, 1.82) is 0 Å². The van der Waals surface area contributed by atoms with Crippen molar-refractivity contribution < 1.29 is 4.79 Å². The summed E-state index contributed by atoms with van der Waals surface area (Å²) < 4.78 is 1.11. The summed E-state index contributed by atoms with van der Waals surface area (Å²) in [5, 5.41) is 2.88. The first kappa shape index (κ1) is 12.7. The van der Waals surface area contributed by atoms with Gasteiger partial charge in [-0.2, -0.15) is 0 Å². The van der Waals surface area contributed by atoms with Crippen molar-refractivity contribution in [3.63, 3.8) is 0 Å². The van der Waals surface area contributed by atoms with Gasteiger partial charge in [-0.1, -0.05) is 0 Å². The second-order valence-corrected chi connectivity index (χ2v) is 5.69. The monoisotopic (exact) mass is 290 g/mol. The van der Waals surface area contributed by atoms with Gasteiger partial charge < -0.3 is 10.2 Å². The van der Waals surface area contributed by atoms with Crippen LogP contribution in [0, 0.1) is 0 Å². The quantitative estimate of drug-likeness (QED) is 0.901. The largest absolute Gasteiger partial charge is 0.337 e. The van der Waals surface area contributed by atoms with Crippen molar-refractivity contribution >= 4 is 33.2 Å². The number of carbonyl (C=O) groups is 1. The van der Waals surface area contributed by atoms with E-state index in [1.54, 1.807) is 18.4 Å². The van der Waals surface area contributed by atoms with Crippen LogP contribution in [0.4, 0.5) is 0 Å². The van der Waals surface area contributed by atoms with Crippen molar-refractivity contribution in [3.05, 3.63) is 20.8 Å². The van der Waals surface area contributed by atoms with Crippen molar-refractivity contribution in [3.8, 4) is 0 Å². The van der Waals surface area contributed by atoms with E-state index in [1.807, 2.05) is 24.0 Å². The number of halogens is 1. The Hall–Kier alpha value is -0.390. The van der Waals surface area contributed by atoms with Gasteiger partial charge in [0.05, 0.1) is 16.9 Å². The molecule has 0 aliphatic carbocycles. The highest BCUT2D eigenvalue weighted by Gasteiger charge is 2.11. The normalized spacial score (nSPS) is 10.3. The molecule has 0 fully saturated rings. The first-order valence-corrected chi connectivity index (χ1v) is 6.45. The van der Waals surface area contributed by atoms with E-state index in [-0.39, 0.29) is 5.91 Å². The molecule has 0 bridgehead atoms. The summed E-state index contributed by atoms with van der Waals surface area (Å²) in [5.41, 5.74) is 0. The number of hydrogen-bond acceptors (Lipinski definition) is 3. The molecule has 1 amide bonds. The van der Waals surface area contributed by atoms with E-state index in [4.69, 9.17) is 0 Å². The molecule has 0 aliphatic heterocycles. The Morgan fingerprint density at radius 2 is 2.33 bits per heavy atom. The van der Waals surface area contributed by atoms with Crippen LogP contribution in [0.5, 0.6) is 0 Å². The molecule has 84 valence electrons. The fraction of sp³-hybridized carbons (Fsp3) is 0.500. The van der Waals surface area contributed by atoms with Crippen LogP contribution in [0.25, 0.3) is 0 Å². The highest BCUT2D eigenvalue weighted by molar-refractivity contribution is 9.11. The molecule has 0 radical (unpaired) electrons. The smallest absolute Gasteiger partial charge is 0.236 e. The van der Waals surface area contributed by atoms with E-state index in [0.717, 1.165) is 10.3 Å². The van der Waals surface area contributed by atoms with E-state index in [1.165, 1.54) is 4.88 Å². The van der Waals surface area contributed by atoms with Crippen LogP contribution in [-0.4, -0.2) is 30.9 Å². The van der Waals surface area contributed by atoms with Crippen molar-refractivity contribution in [2.75, 3.05) is 20.1 Å². The number of likely N-dealkylation sites (N-methyl/N-ethyl adjacent to an activating group) is 2. The van der Waals surface area contributed by atoms with Crippen molar-refractivity contribution in [1.82, 2.24) is 10.2 Å². The molecule has 3 nitrogen and oxygen atoms in total. The minimum absolute atomic E-state index is 0.143. The van der Waals surface area contributed by atoms with E-state index < -0.39 is 0 Å². The molecule has 0 unspecified atom stereocenters. The third kappa shape index (κ3) is 3.93. The lowest BCUT2D eigenvalue weighted by Gasteiger charge is -2.19. The summed E-state index contributed by atoms with van der Waals surface area (Å²) in [6.07, 6.45) is 0. The Labute approximate surface area is 103 Å². The van der Waals surface area contributed by atoms with Gasteiger partial charge in [0.15, 0.2) is 0 Å². The van der Waals surface area contributed by atoms with Gasteiger partial charge in [0, 0.05) is 11.4 Å². The van der Waals surface area contributed by atoms with Gasteiger partial charge in [0.2, 0.25) is 5.91 Å². The number of rotatable bonds is 5. The van der Waals surface area contributed by atoms with Crippen LogP contribution < -0.4 is 5.32 Å². The highest BCUT2D eigenvalue weighted by Crippen LogP contribution is 2.23. The Morgan fingerprint density at radius 1 is 1.60 bits per heavy atom.